The summed E-state index contributed by atoms with van der Waals surface area (Å²) in [6, 6.07) is -3.23. The minimum absolute atomic E-state index is 0.218. The van der Waals surface area contributed by atoms with Gasteiger partial charge in [-0.3, -0.25) is 19.2 Å². The number of carbonyl (C=O) groups is 5. The van der Waals surface area contributed by atoms with Crippen molar-refractivity contribution in [1.82, 2.24) is 15.5 Å². The number of rotatable bonds is 12. The SMILES string of the molecule is NCCCCC(NC(=O)C1CCCN1C(=O)C(CC(N)=O)NC(=O)CN)C(=O)O. The Hall–Kier alpha value is -2.73. The number of carbonyl (C=O) groups excluding carboxylic acids is 4. The smallest absolute Gasteiger partial charge is 0.326 e. The summed E-state index contributed by atoms with van der Waals surface area (Å²) in [5, 5.41) is 14.1. The number of nitrogens with two attached hydrogens (primary N) is 3. The second-order valence-electron chi connectivity index (χ2n) is 6.87. The number of likely N-dealkylation sites (tertiary alicyclic amines) is 1. The molecule has 1 aliphatic rings. The average molecular weight is 414 g/mol. The highest BCUT2D eigenvalue weighted by Crippen LogP contribution is 2.20. The maximum absolute atomic E-state index is 12.8. The molecule has 12 nitrogen and oxygen atoms in total. The third-order valence-corrected chi connectivity index (χ3v) is 4.62. The van der Waals surface area contributed by atoms with E-state index in [1.165, 1.54) is 4.90 Å². The quantitative estimate of drug-likeness (QED) is 0.181. The average Bonchev–Trinajstić information content (AvgIpc) is 3.15. The Morgan fingerprint density at radius 2 is 1.76 bits per heavy atom. The summed E-state index contributed by atoms with van der Waals surface area (Å²) in [4.78, 5) is 61.0. The van der Waals surface area contributed by atoms with Crippen LogP contribution in [0.4, 0.5) is 0 Å². The lowest BCUT2D eigenvalue weighted by molar-refractivity contribution is -0.145. The minimum atomic E-state index is -1.24. The fraction of sp³-hybridized carbons (Fsp3) is 0.706. The van der Waals surface area contributed by atoms with E-state index in [9.17, 15) is 29.1 Å². The van der Waals surface area contributed by atoms with Gasteiger partial charge >= 0.3 is 5.97 Å². The number of hydrogen-bond donors (Lipinski definition) is 6. The van der Waals surface area contributed by atoms with E-state index in [1.807, 2.05) is 0 Å². The third-order valence-electron chi connectivity index (χ3n) is 4.62. The summed E-state index contributed by atoms with van der Waals surface area (Å²) in [6.45, 7) is 0.270. The van der Waals surface area contributed by atoms with Crippen molar-refractivity contribution in [3.8, 4) is 0 Å². The molecule has 1 rings (SSSR count). The first kappa shape index (κ1) is 24.3. The van der Waals surface area contributed by atoms with Gasteiger partial charge in [0.2, 0.25) is 23.6 Å². The molecule has 0 aromatic rings. The molecule has 29 heavy (non-hydrogen) atoms. The van der Waals surface area contributed by atoms with Gasteiger partial charge < -0.3 is 37.8 Å². The van der Waals surface area contributed by atoms with Crippen LogP contribution in [-0.2, 0) is 24.0 Å². The lowest BCUT2D eigenvalue weighted by atomic mass is 10.1. The van der Waals surface area contributed by atoms with Gasteiger partial charge in [0.15, 0.2) is 0 Å². The van der Waals surface area contributed by atoms with E-state index in [0.29, 0.717) is 32.2 Å². The van der Waals surface area contributed by atoms with Gasteiger partial charge in [-0.1, -0.05) is 0 Å². The van der Waals surface area contributed by atoms with E-state index in [0.717, 1.165) is 0 Å². The molecule has 0 aromatic heterocycles. The largest absolute Gasteiger partial charge is 0.480 e. The van der Waals surface area contributed by atoms with Gasteiger partial charge in [-0.2, -0.15) is 0 Å². The number of aliphatic carboxylic acids is 1. The van der Waals surface area contributed by atoms with Crippen LogP contribution in [-0.4, -0.2) is 77.4 Å². The van der Waals surface area contributed by atoms with Crippen LogP contribution in [0, 0.1) is 0 Å². The zero-order valence-electron chi connectivity index (χ0n) is 16.3. The van der Waals surface area contributed by atoms with E-state index in [1.54, 1.807) is 0 Å². The summed E-state index contributed by atoms with van der Waals surface area (Å²) in [6.07, 6.45) is 1.79. The van der Waals surface area contributed by atoms with Crippen LogP contribution in [0.5, 0.6) is 0 Å². The lowest BCUT2D eigenvalue weighted by Crippen LogP contribution is -2.56. The second kappa shape index (κ2) is 12.0. The number of unbranched alkanes of at least 4 members (excludes halogenated alkanes) is 1. The fourth-order valence-electron chi connectivity index (χ4n) is 3.18. The number of nitrogens with zero attached hydrogens (tertiary/aromatic N) is 1. The number of nitrogens with one attached hydrogen (secondary N) is 2. The fourth-order valence-corrected chi connectivity index (χ4v) is 3.18. The molecule has 3 atom stereocenters. The van der Waals surface area contributed by atoms with E-state index in [-0.39, 0.29) is 19.5 Å². The van der Waals surface area contributed by atoms with Crippen LogP contribution in [0.15, 0.2) is 0 Å². The lowest BCUT2D eigenvalue weighted by Gasteiger charge is -2.29. The maximum Gasteiger partial charge on any atom is 0.326 e. The van der Waals surface area contributed by atoms with Crippen LogP contribution in [0.25, 0.3) is 0 Å². The second-order valence-corrected chi connectivity index (χ2v) is 6.87. The van der Waals surface area contributed by atoms with Gasteiger partial charge in [0.05, 0.1) is 13.0 Å². The molecule has 0 bridgehead atoms. The van der Waals surface area contributed by atoms with Crippen LogP contribution in [0.2, 0.25) is 0 Å². The van der Waals surface area contributed by atoms with Gasteiger partial charge in [-0.15, -0.1) is 0 Å². The highest BCUT2D eigenvalue weighted by Gasteiger charge is 2.39. The summed E-state index contributed by atoms with van der Waals surface area (Å²) in [5.74, 6) is -3.85. The summed E-state index contributed by atoms with van der Waals surface area (Å²) in [5.41, 5.74) is 15.8. The zero-order valence-corrected chi connectivity index (χ0v) is 16.3. The number of amides is 4. The van der Waals surface area contributed by atoms with Crippen LogP contribution >= 0.6 is 0 Å². The molecular weight excluding hydrogens is 384 g/mol. The van der Waals surface area contributed by atoms with Crippen molar-refractivity contribution < 1.29 is 29.1 Å². The van der Waals surface area contributed by atoms with E-state index < -0.39 is 54.1 Å². The Labute approximate surface area is 168 Å². The molecule has 1 heterocycles. The molecule has 3 unspecified atom stereocenters. The molecule has 9 N–H and O–H groups in total. The molecule has 0 aromatic carbocycles. The van der Waals surface area contributed by atoms with E-state index in [2.05, 4.69) is 10.6 Å². The summed E-state index contributed by atoms with van der Waals surface area (Å²) >= 11 is 0. The molecule has 0 aliphatic carbocycles. The van der Waals surface area contributed by atoms with Crippen molar-refractivity contribution in [2.45, 2.75) is 56.7 Å². The zero-order chi connectivity index (χ0) is 22.0. The van der Waals surface area contributed by atoms with Crippen molar-refractivity contribution in [2.75, 3.05) is 19.6 Å². The van der Waals surface area contributed by atoms with Crippen LogP contribution < -0.4 is 27.8 Å². The predicted octanol–water partition coefficient (Wildman–Crippen LogP) is -3.01. The predicted molar refractivity (Wildman–Crippen MR) is 102 cm³/mol. The number of carboxylic acids is 1. The molecule has 0 saturated carbocycles. The highest BCUT2D eigenvalue weighted by molar-refractivity contribution is 5.96. The minimum Gasteiger partial charge on any atom is -0.480 e. The first-order chi connectivity index (χ1) is 13.7. The molecule has 0 radical (unpaired) electrons. The third kappa shape index (κ3) is 7.66. The molecule has 1 saturated heterocycles. The first-order valence-corrected chi connectivity index (χ1v) is 9.52. The molecule has 12 heteroatoms. The highest BCUT2D eigenvalue weighted by atomic mass is 16.4. The molecule has 0 spiro atoms. The first-order valence-electron chi connectivity index (χ1n) is 9.52. The number of primary amides is 1. The standard InChI is InChI=1S/C17H30N6O6/c18-6-2-1-4-10(17(28)29)22-15(26)12-5-3-7-23(12)16(27)11(8-13(20)24)21-14(25)9-19/h10-12H,1-9,18-19H2,(H2,20,24)(H,21,25)(H,22,26)(H,28,29). The Kier molecular flexibility index (Phi) is 10.0. The Bertz CT molecular complexity index is 628. The Morgan fingerprint density at radius 3 is 2.31 bits per heavy atom. The summed E-state index contributed by atoms with van der Waals surface area (Å²) in [7, 11) is 0. The monoisotopic (exact) mass is 414 g/mol. The van der Waals surface area contributed by atoms with Crippen molar-refractivity contribution in [2.24, 2.45) is 17.2 Å². The van der Waals surface area contributed by atoms with Crippen molar-refractivity contribution in [3.63, 3.8) is 0 Å². The maximum atomic E-state index is 12.8. The van der Waals surface area contributed by atoms with Gasteiger partial charge in [0, 0.05) is 6.54 Å². The van der Waals surface area contributed by atoms with Gasteiger partial charge in [-0.25, -0.2) is 4.79 Å². The van der Waals surface area contributed by atoms with Crippen molar-refractivity contribution >= 4 is 29.6 Å². The molecular formula is C17H30N6O6. The normalized spacial score (nSPS) is 18.0. The van der Waals surface area contributed by atoms with Crippen molar-refractivity contribution in [3.05, 3.63) is 0 Å². The number of carboxylic acid groups (broad SMARTS) is 1. The Morgan fingerprint density at radius 1 is 1.07 bits per heavy atom. The van der Waals surface area contributed by atoms with Gasteiger partial charge in [0.25, 0.3) is 0 Å². The topological polar surface area (TPSA) is 211 Å². The van der Waals surface area contributed by atoms with Crippen LogP contribution in [0.3, 0.4) is 0 Å². The van der Waals surface area contributed by atoms with Gasteiger partial charge in [0.1, 0.15) is 18.1 Å². The molecule has 1 aliphatic heterocycles. The van der Waals surface area contributed by atoms with E-state index in [4.69, 9.17) is 17.2 Å². The number of hydrogen-bond acceptors (Lipinski definition) is 7. The van der Waals surface area contributed by atoms with Gasteiger partial charge in [-0.05, 0) is 38.6 Å². The van der Waals surface area contributed by atoms with Crippen molar-refractivity contribution in [1.29, 1.82) is 0 Å². The van der Waals surface area contributed by atoms with Crippen LogP contribution in [0.1, 0.15) is 38.5 Å². The molecule has 4 amide bonds. The summed E-state index contributed by atoms with van der Waals surface area (Å²) < 4.78 is 0. The molecule has 1 fully saturated rings. The molecule has 164 valence electrons. The van der Waals surface area contributed by atoms with E-state index >= 15 is 0 Å². The Balaban J connectivity index is 2.85.